The molecular weight excluding hydrogens is 659 g/mol. The lowest BCUT2D eigenvalue weighted by atomic mass is 9.85. The Labute approximate surface area is 293 Å². The lowest BCUT2D eigenvalue weighted by Crippen LogP contribution is -2.46. The van der Waals surface area contributed by atoms with E-state index in [1.54, 1.807) is 30.3 Å². The largest absolute Gasteiger partial charge is 0.416 e. The number of nitriles is 1. The first-order valence-corrected chi connectivity index (χ1v) is 16.8. The molecule has 3 heterocycles. The van der Waals surface area contributed by atoms with Gasteiger partial charge in [-0.05, 0) is 87.2 Å². The Hall–Kier alpha value is -5.42. The molecule has 0 bridgehead atoms. The predicted molar refractivity (Wildman–Crippen MR) is 185 cm³/mol. The SMILES string of the molecule is Cc1cc(C[N+](C)(C)CC2CCC(NC(=O)c3c(-c4ccnn4-c4ccc(C#N)cc4)n(C)n(-c4cccc(C(F)(F)F)c4)c3=O)CC2)n(C)n1. The summed E-state index contributed by atoms with van der Waals surface area (Å²) in [6.07, 6.45) is 0.143. The van der Waals surface area contributed by atoms with Gasteiger partial charge in [-0.1, -0.05) is 6.07 Å². The average Bonchev–Trinajstić information content (AvgIpc) is 3.75. The smallest absolute Gasteiger partial charge is 0.349 e. The predicted octanol–water partition coefficient (Wildman–Crippen LogP) is 5.53. The van der Waals surface area contributed by atoms with Crippen LogP contribution in [0.5, 0.6) is 0 Å². The molecule has 14 heteroatoms. The van der Waals surface area contributed by atoms with Gasteiger partial charge in [0, 0.05) is 26.1 Å². The van der Waals surface area contributed by atoms with Gasteiger partial charge in [0.1, 0.15) is 17.8 Å². The Morgan fingerprint density at radius 3 is 2.35 bits per heavy atom. The highest BCUT2D eigenvalue weighted by molar-refractivity contribution is 6.00. The van der Waals surface area contributed by atoms with E-state index in [1.165, 1.54) is 40.4 Å². The molecule has 0 saturated heterocycles. The van der Waals surface area contributed by atoms with Gasteiger partial charge in [0.05, 0.1) is 72.5 Å². The van der Waals surface area contributed by atoms with E-state index in [9.17, 15) is 28.0 Å². The van der Waals surface area contributed by atoms with Crippen molar-refractivity contribution in [1.29, 1.82) is 5.26 Å². The number of aromatic nitrogens is 6. The second-order valence-electron chi connectivity index (χ2n) is 14.1. The van der Waals surface area contributed by atoms with Gasteiger partial charge in [-0.15, -0.1) is 0 Å². The molecule has 51 heavy (non-hydrogen) atoms. The van der Waals surface area contributed by atoms with Crippen LogP contribution in [0.25, 0.3) is 22.8 Å². The van der Waals surface area contributed by atoms with Gasteiger partial charge in [-0.2, -0.15) is 28.6 Å². The van der Waals surface area contributed by atoms with E-state index in [2.05, 4.69) is 41.7 Å². The molecule has 0 atom stereocenters. The van der Waals surface area contributed by atoms with Gasteiger partial charge in [0.2, 0.25) is 0 Å². The first-order valence-electron chi connectivity index (χ1n) is 16.8. The monoisotopic (exact) mass is 700 g/mol. The fourth-order valence-electron chi connectivity index (χ4n) is 7.33. The van der Waals surface area contributed by atoms with E-state index in [0.29, 0.717) is 22.9 Å². The standard InChI is InChI=1S/C37H40F3N9O2/c1-24-19-31(45(2)44-24)23-49(4,5)22-26-9-13-28(14-10-26)43-35(50)33-34(32-17-18-42-47(32)29-15-11-25(21-41)12-16-29)46(3)48(36(33)51)30-8-6-7-27(20-30)37(38,39)40/h6-8,11-12,15-20,26,28H,9-10,13-14,22-23H2,1-5H3/p+1. The number of benzene rings is 2. The number of carbonyl (C=O) groups is 1. The van der Waals surface area contributed by atoms with Crippen LogP contribution in [0.3, 0.4) is 0 Å². The van der Waals surface area contributed by atoms with Gasteiger partial charge in [0.25, 0.3) is 11.5 Å². The maximum atomic E-state index is 14.2. The van der Waals surface area contributed by atoms with Gasteiger partial charge in [0.15, 0.2) is 0 Å². The topological polar surface area (TPSA) is 115 Å². The number of rotatable bonds is 9. The van der Waals surface area contributed by atoms with Crippen molar-refractivity contribution in [1.82, 2.24) is 34.2 Å². The molecule has 6 rings (SSSR count). The van der Waals surface area contributed by atoms with Crippen molar-refractivity contribution in [3.63, 3.8) is 0 Å². The summed E-state index contributed by atoms with van der Waals surface area (Å²) in [7, 11) is 7.92. The minimum Gasteiger partial charge on any atom is -0.349 e. The van der Waals surface area contributed by atoms with Crippen LogP contribution in [0.2, 0.25) is 0 Å². The Bertz CT molecular complexity index is 2160. The number of amides is 1. The number of halogens is 3. The zero-order valence-electron chi connectivity index (χ0n) is 29.3. The maximum absolute atomic E-state index is 14.2. The Morgan fingerprint density at radius 2 is 1.73 bits per heavy atom. The summed E-state index contributed by atoms with van der Waals surface area (Å²) in [5.41, 5.74) is 1.83. The van der Waals surface area contributed by atoms with Gasteiger partial charge in [-0.25, -0.2) is 9.36 Å². The quantitative estimate of drug-likeness (QED) is 0.203. The second-order valence-corrected chi connectivity index (χ2v) is 14.1. The van der Waals surface area contributed by atoms with Crippen molar-refractivity contribution >= 4 is 5.91 Å². The lowest BCUT2D eigenvalue weighted by Gasteiger charge is -2.36. The number of hydrogen-bond donors (Lipinski definition) is 1. The molecule has 1 saturated carbocycles. The molecular formula is C37H41F3N9O2+. The Balaban J connectivity index is 1.29. The van der Waals surface area contributed by atoms with Crippen molar-refractivity contribution in [3.8, 4) is 28.8 Å². The molecule has 1 aliphatic carbocycles. The number of carbonyl (C=O) groups excluding carboxylic acids is 1. The van der Waals surface area contributed by atoms with Crippen molar-refractivity contribution in [3.05, 3.63) is 105 Å². The highest BCUT2D eigenvalue weighted by atomic mass is 19.4. The van der Waals surface area contributed by atoms with Crippen LogP contribution in [0.4, 0.5) is 13.2 Å². The average molecular weight is 701 g/mol. The molecule has 1 amide bonds. The molecule has 3 aromatic heterocycles. The minimum atomic E-state index is -4.63. The minimum absolute atomic E-state index is 0.0374. The van der Waals surface area contributed by atoms with Crippen molar-refractivity contribution in [2.24, 2.45) is 20.0 Å². The molecule has 0 aliphatic heterocycles. The highest BCUT2D eigenvalue weighted by Crippen LogP contribution is 2.32. The third kappa shape index (κ3) is 7.39. The first kappa shape index (κ1) is 35.4. The third-order valence-electron chi connectivity index (χ3n) is 9.66. The van der Waals surface area contributed by atoms with Crippen LogP contribution < -0.4 is 10.9 Å². The van der Waals surface area contributed by atoms with E-state index in [4.69, 9.17) is 0 Å². The second kappa shape index (κ2) is 13.7. The van der Waals surface area contributed by atoms with E-state index >= 15 is 0 Å². The Kier molecular flexibility index (Phi) is 9.52. The van der Waals surface area contributed by atoms with Crippen LogP contribution in [-0.2, 0) is 26.8 Å². The van der Waals surface area contributed by atoms with Crippen LogP contribution in [-0.4, -0.2) is 66.0 Å². The lowest BCUT2D eigenvalue weighted by molar-refractivity contribution is -0.907. The number of alkyl halides is 3. The number of nitrogens with one attached hydrogen (secondary N) is 1. The first-order chi connectivity index (χ1) is 24.1. The summed E-state index contributed by atoms with van der Waals surface area (Å²) in [4.78, 5) is 28.3. The fraction of sp³-hybridized carbons (Fsp3) is 0.378. The Morgan fingerprint density at radius 1 is 1.02 bits per heavy atom. The van der Waals surface area contributed by atoms with Crippen LogP contribution >= 0.6 is 0 Å². The van der Waals surface area contributed by atoms with Gasteiger partial charge in [-0.3, -0.25) is 19.0 Å². The molecule has 0 radical (unpaired) electrons. The number of aryl methyl sites for hydroxylation is 2. The summed E-state index contributed by atoms with van der Waals surface area (Å²) in [6.45, 7) is 3.80. The molecule has 11 nitrogen and oxygen atoms in total. The number of nitrogens with zero attached hydrogens (tertiary/aromatic N) is 8. The summed E-state index contributed by atoms with van der Waals surface area (Å²) < 4.78 is 47.9. The van der Waals surface area contributed by atoms with Crippen LogP contribution in [0, 0.1) is 24.2 Å². The third-order valence-corrected chi connectivity index (χ3v) is 9.66. The molecule has 0 unspecified atom stereocenters. The highest BCUT2D eigenvalue weighted by Gasteiger charge is 2.34. The van der Waals surface area contributed by atoms with E-state index in [1.807, 2.05) is 18.7 Å². The fourth-order valence-corrected chi connectivity index (χ4v) is 7.33. The molecule has 5 aromatic rings. The van der Waals surface area contributed by atoms with Crippen molar-refractivity contribution in [2.75, 3.05) is 20.6 Å². The summed E-state index contributed by atoms with van der Waals surface area (Å²) in [5, 5.41) is 21.3. The molecule has 0 spiro atoms. The van der Waals surface area contributed by atoms with E-state index in [-0.39, 0.29) is 23.0 Å². The molecule has 1 aliphatic rings. The number of quaternary nitrogens is 1. The van der Waals surface area contributed by atoms with Gasteiger partial charge < -0.3 is 9.80 Å². The normalized spacial score (nSPS) is 16.6. The summed E-state index contributed by atoms with van der Waals surface area (Å²) in [5.74, 6) is -0.148. The van der Waals surface area contributed by atoms with Crippen LogP contribution in [0.15, 0.2) is 71.7 Å². The molecule has 266 valence electrons. The van der Waals surface area contributed by atoms with Crippen LogP contribution in [0.1, 0.15) is 58.6 Å². The number of hydrogen-bond acceptors (Lipinski definition) is 5. The molecule has 1 fully saturated rings. The van der Waals surface area contributed by atoms with E-state index < -0.39 is 23.2 Å². The zero-order chi connectivity index (χ0) is 36.7. The molecule has 2 aromatic carbocycles. The van der Waals surface area contributed by atoms with Crippen molar-refractivity contribution in [2.45, 2.75) is 51.4 Å². The summed E-state index contributed by atoms with van der Waals surface area (Å²) in [6, 6.07) is 16.7. The van der Waals surface area contributed by atoms with E-state index in [0.717, 1.165) is 65.8 Å². The molecule has 1 N–H and O–H groups in total. The zero-order valence-corrected chi connectivity index (χ0v) is 29.3. The maximum Gasteiger partial charge on any atom is 0.416 e. The van der Waals surface area contributed by atoms with Gasteiger partial charge >= 0.3 is 6.18 Å². The van der Waals surface area contributed by atoms with Crippen molar-refractivity contribution < 1.29 is 22.4 Å². The summed E-state index contributed by atoms with van der Waals surface area (Å²) >= 11 is 0.